The van der Waals surface area contributed by atoms with Crippen LogP contribution >= 0.6 is 0 Å². The first-order valence-electron chi connectivity index (χ1n) is 11.4. The van der Waals surface area contributed by atoms with Crippen molar-refractivity contribution in [3.05, 3.63) is 120 Å². The average Bonchev–Trinajstić information content (AvgIpc) is 3.26. The summed E-state index contributed by atoms with van der Waals surface area (Å²) in [5, 5.41) is 12.7. The standard InChI is InChI=1S/C30H29N3/c1-31-27-19-26(29(32-2)30(27)33-3)25-18-17-22-11-7-8-12-24(22)28(25)23-15-13-21(14-16-23)20-9-5-4-6-10-20/h4-19,26,31-33H,1-3H3. The minimum Gasteiger partial charge on any atom is -0.389 e. The molecule has 0 aliphatic heterocycles. The van der Waals surface area contributed by atoms with Crippen LogP contribution in [0.4, 0.5) is 0 Å². The zero-order chi connectivity index (χ0) is 22.8. The molecular formula is C30H29N3. The molecule has 3 N–H and O–H groups in total. The Balaban J connectivity index is 1.70. The molecule has 164 valence electrons. The van der Waals surface area contributed by atoms with Crippen LogP contribution in [0.5, 0.6) is 0 Å². The van der Waals surface area contributed by atoms with E-state index in [1.54, 1.807) is 0 Å². The lowest BCUT2D eigenvalue weighted by Crippen LogP contribution is -2.21. The summed E-state index contributed by atoms with van der Waals surface area (Å²) >= 11 is 0. The maximum absolute atomic E-state index is 3.46. The van der Waals surface area contributed by atoms with Gasteiger partial charge in [0.05, 0.1) is 11.4 Å². The van der Waals surface area contributed by atoms with Crippen LogP contribution in [-0.2, 0) is 0 Å². The highest BCUT2D eigenvalue weighted by molar-refractivity contribution is 5.99. The van der Waals surface area contributed by atoms with Crippen LogP contribution < -0.4 is 16.0 Å². The molecule has 0 aromatic heterocycles. The lowest BCUT2D eigenvalue weighted by Gasteiger charge is -2.21. The van der Waals surface area contributed by atoms with Gasteiger partial charge in [-0.2, -0.15) is 0 Å². The van der Waals surface area contributed by atoms with Crippen LogP contribution in [0.25, 0.3) is 33.0 Å². The van der Waals surface area contributed by atoms with Gasteiger partial charge in [-0.3, -0.25) is 0 Å². The SMILES string of the molecule is CNC1=CC(c2ccc3ccccc3c2-c2ccc(-c3ccccc3)cc2)C(NC)=C1NC. The molecule has 0 heterocycles. The molecule has 0 saturated heterocycles. The molecule has 3 nitrogen and oxygen atoms in total. The maximum atomic E-state index is 3.46. The van der Waals surface area contributed by atoms with Crippen molar-refractivity contribution < 1.29 is 0 Å². The molecule has 0 amide bonds. The number of rotatable bonds is 6. The van der Waals surface area contributed by atoms with Gasteiger partial charge in [0.15, 0.2) is 0 Å². The molecule has 1 aliphatic rings. The summed E-state index contributed by atoms with van der Waals surface area (Å²) < 4.78 is 0. The second kappa shape index (κ2) is 8.87. The van der Waals surface area contributed by atoms with Gasteiger partial charge in [-0.05, 0) is 44.7 Å². The number of nitrogens with one attached hydrogen (secondary N) is 3. The van der Waals surface area contributed by atoms with Gasteiger partial charge in [-0.1, -0.05) is 91.0 Å². The number of hydrogen-bond acceptors (Lipinski definition) is 3. The van der Waals surface area contributed by atoms with E-state index in [0.717, 1.165) is 11.4 Å². The summed E-state index contributed by atoms with van der Waals surface area (Å²) in [5.74, 6) is 0.133. The topological polar surface area (TPSA) is 36.1 Å². The van der Waals surface area contributed by atoms with Gasteiger partial charge >= 0.3 is 0 Å². The normalized spacial score (nSPS) is 15.5. The number of hydrogen-bond donors (Lipinski definition) is 3. The van der Waals surface area contributed by atoms with Crippen molar-refractivity contribution in [2.24, 2.45) is 0 Å². The summed E-state index contributed by atoms with van der Waals surface area (Å²) in [6.45, 7) is 0. The summed E-state index contributed by atoms with van der Waals surface area (Å²) in [7, 11) is 5.95. The van der Waals surface area contributed by atoms with E-state index in [1.807, 2.05) is 21.1 Å². The van der Waals surface area contributed by atoms with Gasteiger partial charge in [0.1, 0.15) is 0 Å². The lowest BCUT2D eigenvalue weighted by molar-refractivity contribution is 0.823. The Morgan fingerprint density at radius 1 is 0.576 bits per heavy atom. The van der Waals surface area contributed by atoms with Crippen LogP contribution in [0, 0.1) is 0 Å². The Kier molecular flexibility index (Phi) is 5.62. The van der Waals surface area contributed by atoms with Crippen molar-refractivity contribution in [2.45, 2.75) is 5.92 Å². The molecular weight excluding hydrogens is 402 g/mol. The summed E-state index contributed by atoms with van der Waals surface area (Å²) in [4.78, 5) is 0. The van der Waals surface area contributed by atoms with E-state index >= 15 is 0 Å². The smallest absolute Gasteiger partial charge is 0.0772 e. The Bertz CT molecular complexity index is 1350. The molecule has 4 aromatic carbocycles. The lowest BCUT2D eigenvalue weighted by atomic mass is 9.85. The first-order chi connectivity index (χ1) is 16.2. The fourth-order valence-corrected chi connectivity index (χ4v) is 4.97. The Hall–Kier alpha value is -3.98. The van der Waals surface area contributed by atoms with Crippen LogP contribution in [0.1, 0.15) is 11.5 Å². The van der Waals surface area contributed by atoms with Gasteiger partial charge in [-0.15, -0.1) is 0 Å². The van der Waals surface area contributed by atoms with Gasteiger partial charge < -0.3 is 16.0 Å². The number of likely N-dealkylation sites (N-methyl/N-ethyl adjacent to an activating group) is 3. The van der Waals surface area contributed by atoms with Crippen molar-refractivity contribution in [3.63, 3.8) is 0 Å². The van der Waals surface area contributed by atoms with E-state index in [9.17, 15) is 0 Å². The quantitative estimate of drug-likeness (QED) is 0.349. The third kappa shape index (κ3) is 3.66. The van der Waals surface area contributed by atoms with Crippen molar-refractivity contribution in [1.29, 1.82) is 0 Å². The monoisotopic (exact) mass is 431 g/mol. The van der Waals surface area contributed by atoms with E-state index in [1.165, 1.54) is 44.3 Å². The Morgan fingerprint density at radius 2 is 1.24 bits per heavy atom. The fraction of sp³-hybridized carbons (Fsp3) is 0.133. The highest BCUT2D eigenvalue weighted by Crippen LogP contribution is 2.42. The molecule has 5 rings (SSSR count). The molecule has 0 spiro atoms. The predicted molar refractivity (Wildman–Crippen MR) is 140 cm³/mol. The first kappa shape index (κ1) is 20.9. The van der Waals surface area contributed by atoms with Gasteiger partial charge in [0.2, 0.25) is 0 Å². The molecule has 3 heteroatoms. The van der Waals surface area contributed by atoms with E-state index in [-0.39, 0.29) is 5.92 Å². The average molecular weight is 432 g/mol. The second-order valence-corrected chi connectivity index (χ2v) is 8.29. The molecule has 1 unspecified atom stereocenters. The maximum Gasteiger partial charge on any atom is 0.0772 e. The molecule has 4 aromatic rings. The number of fused-ring (bicyclic) bond motifs is 1. The van der Waals surface area contributed by atoms with E-state index in [4.69, 9.17) is 0 Å². The minimum absolute atomic E-state index is 0.133. The number of allylic oxidation sites excluding steroid dienone is 1. The van der Waals surface area contributed by atoms with Gasteiger partial charge in [0.25, 0.3) is 0 Å². The van der Waals surface area contributed by atoms with Crippen LogP contribution in [0.2, 0.25) is 0 Å². The molecule has 1 atom stereocenters. The number of benzene rings is 4. The summed E-state index contributed by atoms with van der Waals surface area (Å²) in [6, 6.07) is 32.7. The highest BCUT2D eigenvalue weighted by Gasteiger charge is 2.28. The highest BCUT2D eigenvalue weighted by atomic mass is 15.0. The first-order valence-corrected chi connectivity index (χ1v) is 11.4. The van der Waals surface area contributed by atoms with Crippen LogP contribution in [0.15, 0.2) is 114 Å². The zero-order valence-corrected chi connectivity index (χ0v) is 19.3. The van der Waals surface area contributed by atoms with Crippen molar-refractivity contribution >= 4 is 10.8 Å². The van der Waals surface area contributed by atoms with Gasteiger partial charge in [0, 0.05) is 32.8 Å². The summed E-state index contributed by atoms with van der Waals surface area (Å²) in [6.07, 6.45) is 2.31. The molecule has 33 heavy (non-hydrogen) atoms. The second-order valence-electron chi connectivity index (χ2n) is 8.29. The molecule has 0 fully saturated rings. The fourth-order valence-electron chi connectivity index (χ4n) is 4.97. The molecule has 0 radical (unpaired) electrons. The third-order valence-corrected chi connectivity index (χ3v) is 6.55. The van der Waals surface area contributed by atoms with E-state index < -0.39 is 0 Å². The third-order valence-electron chi connectivity index (χ3n) is 6.55. The van der Waals surface area contributed by atoms with Crippen molar-refractivity contribution in [2.75, 3.05) is 21.1 Å². The van der Waals surface area contributed by atoms with Crippen molar-refractivity contribution in [3.8, 4) is 22.3 Å². The zero-order valence-electron chi connectivity index (χ0n) is 19.3. The largest absolute Gasteiger partial charge is 0.389 e. The Labute approximate surface area is 195 Å². The van der Waals surface area contributed by atoms with E-state index in [2.05, 4.69) is 113 Å². The van der Waals surface area contributed by atoms with Crippen LogP contribution in [0.3, 0.4) is 0 Å². The Morgan fingerprint density at radius 3 is 1.94 bits per heavy atom. The van der Waals surface area contributed by atoms with E-state index in [0.29, 0.717) is 0 Å². The molecule has 0 bridgehead atoms. The van der Waals surface area contributed by atoms with Crippen LogP contribution in [-0.4, -0.2) is 21.1 Å². The molecule has 1 aliphatic carbocycles. The summed E-state index contributed by atoms with van der Waals surface area (Å²) in [5.41, 5.74) is 9.69. The van der Waals surface area contributed by atoms with Crippen molar-refractivity contribution in [1.82, 2.24) is 16.0 Å². The predicted octanol–water partition coefficient (Wildman–Crippen LogP) is 6.02. The molecule has 0 saturated carbocycles. The minimum atomic E-state index is 0.133. The van der Waals surface area contributed by atoms with Gasteiger partial charge in [-0.25, -0.2) is 0 Å².